The standard InChI is InChI=1S/C6H10Cl4O/c7-1-5(2-8)11-6(3-9)4-10/h5-6H,1-4H2/i1D2,2D2,5D. The zero-order valence-corrected chi connectivity index (χ0v) is 8.44. The van der Waals surface area contributed by atoms with Crippen molar-refractivity contribution in [3.63, 3.8) is 0 Å². The summed E-state index contributed by atoms with van der Waals surface area (Å²) in [5.41, 5.74) is 0. The van der Waals surface area contributed by atoms with E-state index in [9.17, 15) is 0 Å². The van der Waals surface area contributed by atoms with Crippen molar-refractivity contribution < 1.29 is 11.6 Å². The molecular weight excluding hydrogens is 230 g/mol. The second-order valence-electron chi connectivity index (χ2n) is 1.57. The maximum Gasteiger partial charge on any atom is 0.0850 e. The Morgan fingerprint density at radius 2 is 1.64 bits per heavy atom. The molecule has 0 aliphatic rings. The zero-order valence-electron chi connectivity index (χ0n) is 10.4. The van der Waals surface area contributed by atoms with Gasteiger partial charge in [-0.25, -0.2) is 0 Å². The minimum atomic E-state index is -2.84. The Labute approximate surface area is 93.9 Å². The summed E-state index contributed by atoms with van der Waals surface area (Å²) in [7, 11) is 0. The van der Waals surface area contributed by atoms with Crippen LogP contribution in [0.25, 0.3) is 0 Å². The topological polar surface area (TPSA) is 9.23 Å². The Hall–Kier alpha value is 1.12. The van der Waals surface area contributed by atoms with Crippen molar-refractivity contribution in [2.75, 3.05) is 23.4 Å². The van der Waals surface area contributed by atoms with Gasteiger partial charge in [0.15, 0.2) is 0 Å². The summed E-state index contributed by atoms with van der Waals surface area (Å²) in [6.07, 6.45) is -3.75. The third-order valence-electron chi connectivity index (χ3n) is 0.800. The van der Waals surface area contributed by atoms with Crippen molar-refractivity contribution in [2.45, 2.75) is 12.2 Å². The van der Waals surface area contributed by atoms with Crippen LogP contribution in [-0.4, -0.2) is 35.6 Å². The molecule has 0 bridgehead atoms. The van der Waals surface area contributed by atoms with Crippen molar-refractivity contribution in [3.05, 3.63) is 0 Å². The minimum Gasteiger partial charge on any atom is -0.370 e. The van der Waals surface area contributed by atoms with Crippen molar-refractivity contribution in [1.82, 2.24) is 0 Å². The molecule has 0 fully saturated rings. The first-order chi connectivity index (χ1) is 6.99. The summed E-state index contributed by atoms with van der Waals surface area (Å²) < 4.78 is 41.2. The average Bonchev–Trinajstić information content (AvgIpc) is 2.10. The normalized spacial score (nSPS) is 21.7. The highest BCUT2D eigenvalue weighted by atomic mass is 35.5. The summed E-state index contributed by atoms with van der Waals surface area (Å²) >= 11 is 21.5. The van der Waals surface area contributed by atoms with E-state index in [1.165, 1.54) is 0 Å². The molecule has 0 unspecified atom stereocenters. The number of ether oxygens (including phenoxy) is 1. The molecule has 5 heteroatoms. The SMILES string of the molecule is [2H]C([2H])(Cl)C([2H])(OC(CCl)CCl)C([2H])([2H])Cl. The third-order valence-corrected chi connectivity index (χ3v) is 1.83. The molecule has 0 aromatic heterocycles. The Morgan fingerprint density at radius 3 is 1.91 bits per heavy atom. The van der Waals surface area contributed by atoms with Crippen molar-refractivity contribution in [2.24, 2.45) is 0 Å². The smallest absolute Gasteiger partial charge is 0.0850 e. The molecule has 0 aromatic rings. The monoisotopic (exact) mass is 243 g/mol. The van der Waals surface area contributed by atoms with Crippen LogP contribution < -0.4 is 0 Å². The minimum absolute atomic E-state index is 0.135. The predicted octanol–water partition coefficient (Wildman–Crippen LogP) is 2.70. The highest BCUT2D eigenvalue weighted by molar-refractivity contribution is 6.22. The number of alkyl halides is 4. The quantitative estimate of drug-likeness (QED) is 0.653. The van der Waals surface area contributed by atoms with Gasteiger partial charge in [0, 0.05) is 28.9 Å². The highest BCUT2D eigenvalue weighted by Crippen LogP contribution is 2.06. The lowest BCUT2D eigenvalue weighted by Crippen LogP contribution is -2.27. The molecule has 0 aliphatic heterocycles. The van der Waals surface area contributed by atoms with Crippen LogP contribution in [0.3, 0.4) is 0 Å². The number of rotatable bonds is 6. The van der Waals surface area contributed by atoms with Gasteiger partial charge in [-0.1, -0.05) is 0 Å². The van der Waals surface area contributed by atoms with E-state index in [4.69, 9.17) is 58.0 Å². The van der Waals surface area contributed by atoms with Gasteiger partial charge in [-0.05, 0) is 0 Å². The number of hydrogen-bond acceptors (Lipinski definition) is 1. The van der Waals surface area contributed by atoms with Crippen LogP contribution in [0.5, 0.6) is 0 Å². The fourth-order valence-electron chi connectivity index (χ4n) is 0.333. The van der Waals surface area contributed by atoms with Crippen molar-refractivity contribution >= 4 is 46.4 Å². The molecule has 0 radical (unpaired) electrons. The Morgan fingerprint density at radius 1 is 1.18 bits per heavy atom. The summed E-state index contributed by atoms with van der Waals surface area (Å²) in [6.45, 7) is 0. The van der Waals surface area contributed by atoms with Crippen molar-refractivity contribution in [1.29, 1.82) is 0 Å². The summed E-state index contributed by atoms with van der Waals surface area (Å²) in [6, 6.07) is 0. The van der Waals surface area contributed by atoms with Crippen LogP contribution in [0.15, 0.2) is 0 Å². The van der Waals surface area contributed by atoms with Crippen LogP contribution in [-0.2, 0) is 4.74 Å². The maximum absolute atomic E-state index is 7.61. The fraction of sp³-hybridized carbons (Fsp3) is 1.00. The summed E-state index contributed by atoms with van der Waals surface area (Å²) in [5.74, 6) is -5.95. The van der Waals surface area contributed by atoms with E-state index < -0.39 is 23.8 Å². The van der Waals surface area contributed by atoms with E-state index >= 15 is 0 Å². The molecule has 0 saturated heterocycles. The molecule has 0 atom stereocenters. The molecule has 0 aromatic carbocycles. The van der Waals surface area contributed by atoms with E-state index in [2.05, 4.69) is 0 Å². The van der Waals surface area contributed by atoms with Crippen LogP contribution in [0.2, 0.25) is 0 Å². The second kappa shape index (κ2) is 7.75. The van der Waals surface area contributed by atoms with E-state index in [1.807, 2.05) is 0 Å². The third kappa shape index (κ3) is 5.37. The van der Waals surface area contributed by atoms with Crippen LogP contribution >= 0.6 is 46.4 Å². The molecule has 1 nitrogen and oxygen atoms in total. The summed E-state index contributed by atoms with van der Waals surface area (Å²) in [5, 5.41) is 0. The van der Waals surface area contributed by atoms with E-state index in [1.54, 1.807) is 0 Å². The molecule has 0 heterocycles. The zero-order chi connectivity index (χ0) is 13.2. The van der Waals surface area contributed by atoms with Gasteiger partial charge in [0.25, 0.3) is 0 Å². The number of halogens is 4. The largest absolute Gasteiger partial charge is 0.370 e. The fourth-order valence-corrected chi connectivity index (χ4v) is 1.02. The lowest BCUT2D eigenvalue weighted by atomic mass is 10.4. The second-order valence-corrected chi connectivity index (χ2v) is 2.56. The van der Waals surface area contributed by atoms with Crippen molar-refractivity contribution in [3.8, 4) is 0 Å². The first kappa shape index (κ1) is 5.77. The van der Waals surface area contributed by atoms with E-state index in [-0.39, 0.29) is 11.8 Å². The van der Waals surface area contributed by atoms with E-state index in [0.29, 0.717) is 0 Å². The van der Waals surface area contributed by atoms with Gasteiger partial charge in [0.2, 0.25) is 0 Å². The Balaban J connectivity index is 5.12. The van der Waals surface area contributed by atoms with Gasteiger partial charge in [-0.15, -0.1) is 46.4 Å². The highest BCUT2D eigenvalue weighted by Gasteiger charge is 2.13. The van der Waals surface area contributed by atoms with Gasteiger partial charge in [0.05, 0.1) is 13.6 Å². The van der Waals surface area contributed by atoms with Crippen LogP contribution in [0.4, 0.5) is 0 Å². The van der Waals surface area contributed by atoms with Gasteiger partial charge < -0.3 is 4.74 Å². The van der Waals surface area contributed by atoms with Gasteiger partial charge in [0.1, 0.15) is 0 Å². The molecule has 0 saturated carbocycles. The van der Waals surface area contributed by atoms with Crippen LogP contribution in [0.1, 0.15) is 6.85 Å². The molecule has 68 valence electrons. The molecule has 0 N–H and O–H groups in total. The van der Waals surface area contributed by atoms with Crippen LogP contribution in [0, 0.1) is 0 Å². The molecular formula is C6H10Cl4O. The Kier molecular flexibility index (Phi) is 4.06. The van der Waals surface area contributed by atoms with Gasteiger partial charge >= 0.3 is 0 Å². The summed E-state index contributed by atoms with van der Waals surface area (Å²) in [4.78, 5) is 0. The maximum atomic E-state index is 7.61. The van der Waals surface area contributed by atoms with Gasteiger partial charge in [-0.3, -0.25) is 0 Å². The van der Waals surface area contributed by atoms with Gasteiger partial charge in [-0.2, -0.15) is 0 Å². The molecule has 0 spiro atoms. The molecule has 0 rings (SSSR count). The average molecular weight is 245 g/mol. The first-order valence-corrected chi connectivity index (χ1v) is 4.49. The lowest BCUT2D eigenvalue weighted by molar-refractivity contribution is 0.0378. The molecule has 0 amide bonds. The predicted molar refractivity (Wildman–Crippen MR) is 51.5 cm³/mol. The molecule has 0 aliphatic carbocycles. The lowest BCUT2D eigenvalue weighted by Gasteiger charge is -2.17. The first-order valence-electron chi connectivity index (χ1n) is 5.17. The molecule has 11 heavy (non-hydrogen) atoms. The number of hydrogen-bond donors (Lipinski definition) is 0. The Bertz CT molecular complexity index is 210. The van der Waals surface area contributed by atoms with E-state index in [0.717, 1.165) is 0 Å².